The number of carbonyl (C=O) groups excluding carboxylic acids is 1. The molecule has 1 aromatic heterocycles. The fourth-order valence-electron chi connectivity index (χ4n) is 1.87. The van der Waals surface area contributed by atoms with Gasteiger partial charge in [-0.25, -0.2) is 9.37 Å². The molecule has 1 fully saturated rings. The number of amides is 1. The number of hydrogen-bond acceptors (Lipinski definition) is 3. The molecule has 0 unspecified atom stereocenters. The van der Waals surface area contributed by atoms with E-state index in [0.717, 1.165) is 12.5 Å². The summed E-state index contributed by atoms with van der Waals surface area (Å²) in [5, 5.41) is -0.431. The summed E-state index contributed by atoms with van der Waals surface area (Å²) in [7, 11) is 1.59. The lowest BCUT2D eigenvalue weighted by molar-refractivity contribution is 0.0723. The average molecular weight is 293 g/mol. The summed E-state index contributed by atoms with van der Waals surface area (Å²) < 4.78 is 18.5. The molecule has 2 rings (SSSR count). The van der Waals surface area contributed by atoms with E-state index in [1.54, 1.807) is 12.0 Å². The smallest absolute Gasteiger partial charge is 0.257 e. The Labute approximate surface area is 114 Å². The largest absolute Gasteiger partial charge is 0.380 e. The van der Waals surface area contributed by atoms with Crippen molar-refractivity contribution in [3.63, 3.8) is 0 Å². The van der Waals surface area contributed by atoms with E-state index in [9.17, 15) is 9.18 Å². The van der Waals surface area contributed by atoms with Crippen LogP contribution >= 0.6 is 23.2 Å². The molecule has 4 nitrogen and oxygen atoms in total. The summed E-state index contributed by atoms with van der Waals surface area (Å²) in [6.45, 7) is 1.02. The lowest BCUT2D eigenvalue weighted by Crippen LogP contribution is -2.30. The minimum absolute atomic E-state index is 0.0119. The van der Waals surface area contributed by atoms with Gasteiger partial charge in [0.1, 0.15) is 5.15 Å². The van der Waals surface area contributed by atoms with E-state index in [1.165, 1.54) is 0 Å². The van der Waals surface area contributed by atoms with Crippen molar-refractivity contribution in [2.75, 3.05) is 20.2 Å². The van der Waals surface area contributed by atoms with Gasteiger partial charge in [0.25, 0.3) is 5.91 Å². The average Bonchev–Trinajstić information content (AvgIpc) is 2.81. The molecule has 1 saturated heterocycles. The van der Waals surface area contributed by atoms with Gasteiger partial charge >= 0.3 is 0 Å². The first-order chi connectivity index (χ1) is 8.52. The first-order valence-corrected chi connectivity index (χ1v) is 6.12. The summed E-state index contributed by atoms with van der Waals surface area (Å²) in [6.07, 6.45) is 0.765. The minimum atomic E-state index is -0.757. The van der Waals surface area contributed by atoms with Crippen molar-refractivity contribution in [3.8, 4) is 0 Å². The molecule has 0 radical (unpaired) electrons. The Kier molecular flexibility index (Phi) is 4.04. The first-order valence-electron chi connectivity index (χ1n) is 5.36. The number of hydrogen-bond donors (Lipinski definition) is 0. The zero-order valence-electron chi connectivity index (χ0n) is 9.62. The molecule has 7 heteroatoms. The van der Waals surface area contributed by atoms with Gasteiger partial charge in [-0.1, -0.05) is 23.2 Å². The molecule has 0 bridgehead atoms. The maximum absolute atomic E-state index is 13.3. The van der Waals surface area contributed by atoms with E-state index < -0.39 is 5.82 Å². The van der Waals surface area contributed by atoms with Gasteiger partial charge in [0, 0.05) is 20.2 Å². The molecule has 1 aliphatic heterocycles. The van der Waals surface area contributed by atoms with Gasteiger partial charge in [0.15, 0.2) is 11.0 Å². The van der Waals surface area contributed by atoms with Crippen molar-refractivity contribution in [2.24, 2.45) is 0 Å². The highest BCUT2D eigenvalue weighted by molar-refractivity contribution is 6.34. The van der Waals surface area contributed by atoms with Crippen LogP contribution in [0.1, 0.15) is 16.8 Å². The van der Waals surface area contributed by atoms with Crippen molar-refractivity contribution in [3.05, 3.63) is 27.8 Å². The van der Waals surface area contributed by atoms with Crippen LogP contribution in [-0.2, 0) is 4.74 Å². The zero-order chi connectivity index (χ0) is 13.3. The second kappa shape index (κ2) is 5.38. The topological polar surface area (TPSA) is 42.4 Å². The Morgan fingerprint density at radius 1 is 1.56 bits per heavy atom. The van der Waals surface area contributed by atoms with Gasteiger partial charge < -0.3 is 9.64 Å². The zero-order valence-corrected chi connectivity index (χ0v) is 11.1. The Balaban J connectivity index is 2.22. The van der Waals surface area contributed by atoms with Crippen LogP contribution in [0.5, 0.6) is 0 Å². The van der Waals surface area contributed by atoms with Crippen LogP contribution in [0.2, 0.25) is 10.3 Å². The molecule has 0 aliphatic carbocycles. The first kappa shape index (κ1) is 13.5. The van der Waals surface area contributed by atoms with Crippen LogP contribution in [0.15, 0.2) is 6.07 Å². The molecule has 0 spiro atoms. The van der Waals surface area contributed by atoms with E-state index in [0.29, 0.717) is 13.1 Å². The third-order valence-electron chi connectivity index (χ3n) is 2.88. The maximum atomic E-state index is 13.3. The Morgan fingerprint density at radius 3 is 2.89 bits per heavy atom. The number of pyridine rings is 1. The predicted octanol–water partition coefficient (Wildman–Crippen LogP) is 2.39. The van der Waals surface area contributed by atoms with Gasteiger partial charge in [0.2, 0.25) is 0 Å². The third-order valence-corrected chi connectivity index (χ3v) is 3.44. The maximum Gasteiger partial charge on any atom is 0.257 e. The number of likely N-dealkylation sites (tertiary alicyclic amines) is 1. The fourth-order valence-corrected chi connectivity index (χ4v) is 2.27. The van der Waals surface area contributed by atoms with E-state index in [2.05, 4.69) is 4.98 Å². The van der Waals surface area contributed by atoms with Crippen LogP contribution in [0.25, 0.3) is 0 Å². The fraction of sp³-hybridized carbons (Fsp3) is 0.455. The highest BCUT2D eigenvalue weighted by Gasteiger charge is 2.28. The Morgan fingerprint density at radius 2 is 2.28 bits per heavy atom. The number of carbonyl (C=O) groups is 1. The monoisotopic (exact) mass is 292 g/mol. The summed E-state index contributed by atoms with van der Waals surface area (Å²) in [5.41, 5.74) is 0.0234. The molecule has 1 aliphatic rings. The highest BCUT2D eigenvalue weighted by Crippen LogP contribution is 2.23. The minimum Gasteiger partial charge on any atom is -0.380 e. The van der Waals surface area contributed by atoms with Gasteiger partial charge in [-0.2, -0.15) is 0 Å². The van der Waals surface area contributed by atoms with Crippen LogP contribution in [-0.4, -0.2) is 42.1 Å². The van der Waals surface area contributed by atoms with E-state index >= 15 is 0 Å². The summed E-state index contributed by atoms with van der Waals surface area (Å²) in [6, 6.07) is 1.01. The molecule has 18 heavy (non-hydrogen) atoms. The number of ether oxygens (including phenoxy) is 1. The Bertz CT molecular complexity index is 484. The number of nitrogens with zero attached hydrogens (tertiary/aromatic N) is 2. The van der Waals surface area contributed by atoms with Crippen molar-refractivity contribution in [1.29, 1.82) is 0 Å². The van der Waals surface area contributed by atoms with Crippen LogP contribution < -0.4 is 0 Å². The van der Waals surface area contributed by atoms with Crippen molar-refractivity contribution in [2.45, 2.75) is 12.5 Å². The molecule has 2 heterocycles. The standard InChI is InChI=1S/C11H11Cl2FN2O2/c1-18-6-2-3-16(5-6)11(17)7-4-8(14)10(13)15-9(7)12/h4,6H,2-3,5H2,1H3/t6-/m1/s1. The van der Waals surface area contributed by atoms with Crippen molar-refractivity contribution < 1.29 is 13.9 Å². The quantitative estimate of drug-likeness (QED) is 0.786. The van der Waals surface area contributed by atoms with Gasteiger partial charge in [-0.3, -0.25) is 4.79 Å². The van der Waals surface area contributed by atoms with Crippen molar-refractivity contribution in [1.82, 2.24) is 9.88 Å². The second-order valence-electron chi connectivity index (χ2n) is 4.00. The molecule has 1 atom stereocenters. The van der Waals surface area contributed by atoms with Crippen LogP contribution in [0, 0.1) is 5.82 Å². The van der Waals surface area contributed by atoms with E-state index in [4.69, 9.17) is 27.9 Å². The molecular formula is C11H11Cl2FN2O2. The van der Waals surface area contributed by atoms with E-state index in [-0.39, 0.29) is 27.9 Å². The summed E-state index contributed by atoms with van der Waals surface area (Å²) in [5.74, 6) is -1.12. The van der Waals surface area contributed by atoms with Gasteiger partial charge in [-0.15, -0.1) is 0 Å². The van der Waals surface area contributed by atoms with Gasteiger partial charge in [0.05, 0.1) is 11.7 Å². The molecule has 0 N–H and O–H groups in total. The van der Waals surface area contributed by atoms with Gasteiger partial charge in [-0.05, 0) is 12.5 Å². The Hall–Kier alpha value is -0.910. The molecule has 1 aromatic rings. The normalized spacial score (nSPS) is 19.3. The molecule has 98 valence electrons. The highest BCUT2D eigenvalue weighted by atomic mass is 35.5. The lowest BCUT2D eigenvalue weighted by atomic mass is 10.2. The van der Waals surface area contributed by atoms with Crippen molar-refractivity contribution >= 4 is 29.1 Å². The molecular weight excluding hydrogens is 282 g/mol. The number of methoxy groups -OCH3 is 1. The van der Waals surface area contributed by atoms with Crippen LogP contribution in [0.3, 0.4) is 0 Å². The third kappa shape index (κ3) is 2.58. The molecule has 0 saturated carbocycles. The van der Waals surface area contributed by atoms with Crippen LogP contribution in [0.4, 0.5) is 4.39 Å². The number of aromatic nitrogens is 1. The molecule has 0 aromatic carbocycles. The summed E-state index contributed by atoms with van der Waals surface area (Å²) >= 11 is 11.3. The predicted molar refractivity (Wildman–Crippen MR) is 65.5 cm³/mol. The second-order valence-corrected chi connectivity index (χ2v) is 4.71. The summed E-state index contributed by atoms with van der Waals surface area (Å²) in [4.78, 5) is 17.3. The molecule has 1 amide bonds. The number of halogens is 3. The SMILES string of the molecule is CO[C@@H]1CCN(C(=O)c2cc(F)c(Cl)nc2Cl)C1. The van der Waals surface area contributed by atoms with E-state index in [1.807, 2.05) is 0 Å². The number of rotatable bonds is 2. The lowest BCUT2D eigenvalue weighted by Gasteiger charge is -2.16.